The number of hydrogen-bond donors (Lipinski definition) is 2. The van der Waals surface area contributed by atoms with E-state index in [1.54, 1.807) is 0 Å². The van der Waals surface area contributed by atoms with E-state index in [4.69, 9.17) is 0 Å². The molecule has 0 aliphatic heterocycles. The number of rotatable bonds is 4. The van der Waals surface area contributed by atoms with E-state index < -0.39 is 32.0 Å². The topological polar surface area (TPSA) is 101 Å². The molecule has 0 bridgehead atoms. The average Bonchev–Trinajstić information content (AvgIpc) is 2.26. The van der Waals surface area contributed by atoms with Gasteiger partial charge in [0.2, 0.25) is 5.91 Å². The van der Waals surface area contributed by atoms with Crippen LogP contribution in [-0.4, -0.2) is 41.9 Å². The first kappa shape index (κ1) is 16.9. The Hall–Kier alpha value is -1.11. The van der Waals surface area contributed by atoms with Crippen molar-refractivity contribution in [3.05, 3.63) is 0 Å². The van der Waals surface area contributed by atoms with E-state index in [9.17, 15) is 23.1 Å². The van der Waals surface area contributed by atoms with Gasteiger partial charge in [-0.1, -0.05) is 19.8 Å². The van der Waals surface area contributed by atoms with Gasteiger partial charge in [0.25, 0.3) is 0 Å². The summed E-state index contributed by atoms with van der Waals surface area (Å²) in [6.07, 6.45) is 3.25. The van der Waals surface area contributed by atoms with Crippen molar-refractivity contribution < 1.29 is 23.1 Å². The minimum Gasteiger partial charge on any atom is -0.480 e. The number of carboxylic acid groups (broad SMARTS) is 1. The van der Waals surface area contributed by atoms with Crippen LogP contribution in [0.25, 0.3) is 0 Å². The molecule has 6 nitrogen and oxygen atoms in total. The number of sulfone groups is 1. The van der Waals surface area contributed by atoms with Crippen molar-refractivity contribution in [1.82, 2.24) is 5.32 Å². The van der Waals surface area contributed by atoms with Crippen LogP contribution < -0.4 is 5.32 Å². The smallest absolute Gasteiger partial charge is 0.329 e. The van der Waals surface area contributed by atoms with Crippen molar-refractivity contribution in [2.45, 2.75) is 56.7 Å². The van der Waals surface area contributed by atoms with Crippen LogP contribution in [-0.2, 0) is 19.4 Å². The second-order valence-electron chi connectivity index (χ2n) is 6.33. The molecule has 2 atom stereocenters. The second kappa shape index (κ2) is 5.35. The summed E-state index contributed by atoms with van der Waals surface area (Å²) in [4.78, 5) is 23.8. The summed E-state index contributed by atoms with van der Waals surface area (Å²) in [5.74, 6) is -1.67. The van der Waals surface area contributed by atoms with Crippen LogP contribution in [0.2, 0.25) is 0 Å². The van der Waals surface area contributed by atoms with Crippen molar-refractivity contribution in [1.29, 1.82) is 0 Å². The molecule has 1 fully saturated rings. The maximum absolute atomic E-state index is 12.2. The number of carbonyl (C=O) groups excluding carboxylic acids is 1. The van der Waals surface area contributed by atoms with Crippen LogP contribution in [0.1, 0.15) is 46.5 Å². The summed E-state index contributed by atoms with van der Waals surface area (Å²) < 4.78 is 21.7. The third-order valence-electron chi connectivity index (χ3n) is 4.23. The number of aliphatic carboxylic acids is 1. The van der Waals surface area contributed by atoms with Gasteiger partial charge in [-0.05, 0) is 32.6 Å². The van der Waals surface area contributed by atoms with Gasteiger partial charge in [-0.2, -0.15) is 0 Å². The van der Waals surface area contributed by atoms with Crippen molar-refractivity contribution >= 4 is 21.7 Å². The molecule has 1 amide bonds. The molecule has 2 N–H and O–H groups in total. The number of hydrogen-bond acceptors (Lipinski definition) is 4. The quantitative estimate of drug-likeness (QED) is 0.805. The monoisotopic (exact) mass is 305 g/mol. The van der Waals surface area contributed by atoms with E-state index in [1.165, 1.54) is 13.8 Å². The van der Waals surface area contributed by atoms with E-state index in [0.29, 0.717) is 19.3 Å². The summed E-state index contributed by atoms with van der Waals surface area (Å²) in [6, 6.07) is 0. The predicted molar refractivity (Wildman–Crippen MR) is 75.1 cm³/mol. The molecule has 1 aliphatic rings. The van der Waals surface area contributed by atoms with Crippen LogP contribution in [0.15, 0.2) is 0 Å². The highest BCUT2D eigenvalue weighted by Crippen LogP contribution is 2.33. The molecule has 0 heterocycles. The van der Waals surface area contributed by atoms with Gasteiger partial charge in [-0.15, -0.1) is 0 Å². The Morgan fingerprint density at radius 1 is 1.35 bits per heavy atom. The molecule has 0 saturated heterocycles. The normalized spacial score (nSPS) is 27.9. The lowest BCUT2D eigenvalue weighted by molar-refractivity contribution is -0.150. The highest BCUT2D eigenvalue weighted by Gasteiger charge is 2.48. The van der Waals surface area contributed by atoms with Crippen LogP contribution in [0.4, 0.5) is 0 Å². The molecule has 0 radical (unpaired) electrons. The maximum atomic E-state index is 12.2. The molecule has 1 aliphatic carbocycles. The summed E-state index contributed by atoms with van der Waals surface area (Å²) in [6.45, 7) is 4.52. The molecule has 0 aromatic rings. The molecule has 20 heavy (non-hydrogen) atoms. The summed E-state index contributed by atoms with van der Waals surface area (Å²) in [7, 11) is -3.62. The Kier molecular flexibility index (Phi) is 4.53. The minimum absolute atomic E-state index is 0.182. The summed E-state index contributed by atoms with van der Waals surface area (Å²) in [5, 5.41) is 12.0. The zero-order chi connectivity index (χ0) is 15.8. The molecule has 0 spiro atoms. The second-order valence-corrected chi connectivity index (χ2v) is 8.89. The number of carbonyl (C=O) groups is 2. The van der Waals surface area contributed by atoms with Gasteiger partial charge in [-0.25, -0.2) is 13.2 Å². The molecule has 1 saturated carbocycles. The van der Waals surface area contributed by atoms with Gasteiger partial charge in [0.05, 0.1) is 0 Å². The van der Waals surface area contributed by atoms with Crippen molar-refractivity contribution in [3.8, 4) is 0 Å². The molecular weight excluding hydrogens is 282 g/mol. The summed E-state index contributed by atoms with van der Waals surface area (Å²) in [5.41, 5.74) is -1.35. The molecule has 2 unspecified atom stereocenters. The van der Waals surface area contributed by atoms with Crippen molar-refractivity contribution in [3.63, 3.8) is 0 Å². The van der Waals surface area contributed by atoms with Crippen molar-refractivity contribution in [2.75, 3.05) is 6.26 Å². The van der Waals surface area contributed by atoms with E-state index in [1.807, 2.05) is 6.92 Å². The first-order valence-electron chi connectivity index (χ1n) is 6.68. The number of amides is 1. The van der Waals surface area contributed by atoms with E-state index in [0.717, 1.165) is 12.7 Å². The molecule has 0 aromatic heterocycles. The van der Waals surface area contributed by atoms with E-state index >= 15 is 0 Å². The fraction of sp³-hybridized carbons (Fsp3) is 0.846. The zero-order valence-corrected chi connectivity index (χ0v) is 13.2. The van der Waals surface area contributed by atoms with Crippen LogP contribution in [0, 0.1) is 5.92 Å². The lowest BCUT2D eigenvalue weighted by atomic mass is 9.76. The van der Waals surface area contributed by atoms with Gasteiger partial charge in [0, 0.05) is 6.26 Å². The number of nitrogens with one attached hydrogen (secondary N) is 1. The fourth-order valence-corrected chi connectivity index (χ4v) is 2.84. The average molecular weight is 305 g/mol. The predicted octanol–water partition coefficient (Wildman–Crippen LogP) is 0.959. The van der Waals surface area contributed by atoms with Gasteiger partial charge in [-0.3, -0.25) is 4.79 Å². The first-order chi connectivity index (χ1) is 8.92. The Balaban J connectivity index is 3.04. The van der Waals surface area contributed by atoms with Crippen LogP contribution >= 0.6 is 0 Å². The van der Waals surface area contributed by atoms with E-state index in [-0.39, 0.29) is 5.92 Å². The number of carboxylic acids is 1. The van der Waals surface area contributed by atoms with Crippen LogP contribution in [0.3, 0.4) is 0 Å². The third-order valence-corrected chi connectivity index (χ3v) is 6.27. The fourth-order valence-electron chi connectivity index (χ4n) is 2.45. The van der Waals surface area contributed by atoms with Gasteiger partial charge >= 0.3 is 5.97 Å². The SMILES string of the molecule is CC1CCCC(NC(=O)C(C)(C)S(C)(=O)=O)(C(=O)O)C1. The lowest BCUT2D eigenvalue weighted by Crippen LogP contribution is -2.61. The zero-order valence-electron chi connectivity index (χ0n) is 12.4. The highest BCUT2D eigenvalue weighted by molar-refractivity contribution is 7.92. The molecule has 7 heteroatoms. The van der Waals surface area contributed by atoms with Gasteiger partial charge in [0.1, 0.15) is 10.3 Å². The lowest BCUT2D eigenvalue weighted by Gasteiger charge is -2.38. The largest absolute Gasteiger partial charge is 0.480 e. The Morgan fingerprint density at radius 3 is 2.30 bits per heavy atom. The Morgan fingerprint density at radius 2 is 1.90 bits per heavy atom. The molecule has 116 valence electrons. The molecule has 0 aromatic carbocycles. The van der Waals surface area contributed by atoms with E-state index in [2.05, 4.69) is 5.32 Å². The summed E-state index contributed by atoms with van der Waals surface area (Å²) >= 11 is 0. The minimum atomic E-state index is -3.62. The van der Waals surface area contributed by atoms with Gasteiger partial charge < -0.3 is 10.4 Å². The standard InChI is InChI=1S/C13H23NO5S/c1-9-6-5-7-13(8-9,11(16)17)14-10(15)12(2,3)20(4,18)19/h9H,5-8H2,1-4H3,(H,14,15)(H,16,17). The highest BCUT2D eigenvalue weighted by atomic mass is 32.2. The third kappa shape index (κ3) is 3.13. The Labute approximate surface area is 119 Å². The van der Waals surface area contributed by atoms with Crippen molar-refractivity contribution in [2.24, 2.45) is 5.92 Å². The molecular formula is C13H23NO5S. The Bertz CT molecular complexity index is 511. The maximum Gasteiger partial charge on any atom is 0.329 e. The first-order valence-corrected chi connectivity index (χ1v) is 8.57. The van der Waals surface area contributed by atoms with Gasteiger partial charge in [0.15, 0.2) is 9.84 Å². The molecule has 1 rings (SSSR count). The van der Waals surface area contributed by atoms with Crippen LogP contribution in [0.5, 0.6) is 0 Å².